The molecule has 19 heavy (non-hydrogen) atoms. The zero-order valence-corrected chi connectivity index (χ0v) is 10.9. The normalized spacial score (nSPS) is 16.3. The van der Waals surface area contributed by atoms with E-state index >= 15 is 0 Å². The molecular formula is C12H17N5O2. The van der Waals surface area contributed by atoms with E-state index in [0.717, 1.165) is 31.0 Å². The Bertz CT molecular complexity index is 530. The fraction of sp³-hybridized carbons (Fsp3) is 0.583. The maximum absolute atomic E-state index is 5.39. The van der Waals surface area contributed by atoms with E-state index < -0.39 is 0 Å². The van der Waals surface area contributed by atoms with Gasteiger partial charge in [-0.25, -0.2) is 4.98 Å². The molecule has 1 fully saturated rings. The van der Waals surface area contributed by atoms with Crippen LogP contribution in [-0.4, -0.2) is 44.0 Å². The number of hydrogen-bond donors (Lipinski definition) is 0. The molecule has 102 valence electrons. The van der Waals surface area contributed by atoms with Gasteiger partial charge in [0, 0.05) is 31.9 Å². The van der Waals surface area contributed by atoms with E-state index in [1.54, 1.807) is 10.9 Å². The number of aromatic nitrogens is 5. The third-order valence-corrected chi connectivity index (χ3v) is 3.11. The van der Waals surface area contributed by atoms with Gasteiger partial charge < -0.3 is 14.0 Å². The van der Waals surface area contributed by atoms with Crippen LogP contribution in [0.2, 0.25) is 0 Å². The Hall–Kier alpha value is -1.73. The highest BCUT2D eigenvalue weighted by Crippen LogP contribution is 2.14. The first-order chi connectivity index (χ1) is 9.36. The Balaban J connectivity index is 1.65. The van der Waals surface area contributed by atoms with Crippen molar-refractivity contribution in [1.29, 1.82) is 0 Å². The van der Waals surface area contributed by atoms with Gasteiger partial charge in [0.05, 0.1) is 19.4 Å². The van der Waals surface area contributed by atoms with E-state index in [9.17, 15) is 0 Å². The van der Waals surface area contributed by atoms with Crippen LogP contribution in [0.5, 0.6) is 0 Å². The second-order valence-corrected chi connectivity index (χ2v) is 4.36. The molecular weight excluding hydrogens is 246 g/mol. The maximum Gasteiger partial charge on any atom is 0.162 e. The molecule has 1 aliphatic heterocycles. The summed E-state index contributed by atoms with van der Waals surface area (Å²) in [4.78, 5) is 4.31. The summed E-state index contributed by atoms with van der Waals surface area (Å²) in [7, 11) is 0. The largest absolute Gasteiger partial charge is 0.350 e. The summed E-state index contributed by atoms with van der Waals surface area (Å²) < 4.78 is 14.6. The van der Waals surface area contributed by atoms with Crippen molar-refractivity contribution in [3.05, 3.63) is 18.6 Å². The van der Waals surface area contributed by atoms with Crippen molar-refractivity contribution < 1.29 is 9.47 Å². The molecule has 0 spiro atoms. The van der Waals surface area contributed by atoms with Crippen LogP contribution in [0.4, 0.5) is 0 Å². The molecule has 0 aromatic carbocycles. The van der Waals surface area contributed by atoms with Crippen molar-refractivity contribution in [2.24, 2.45) is 0 Å². The highest BCUT2D eigenvalue weighted by molar-refractivity contribution is 5.47. The lowest BCUT2D eigenvalue weighted by atomic mass is 10.4. The average Bonchev–Trinajstić information content (AvgIpc) is 3.16. The summed E-state index contributed by atoms with van der Waals surface area (Å²) >= 11 is 0. The quantitative estimate of drug-likeness (QED) is 0.802. The molecule has 0 saturated carbocycles. The summed E-state index contributed by atoms with van der Waals surface area (Å²) in [5.74, 6) is 0.849. The van der Waals surface area contributed by atoms with E-state index in [0.29, 0.717) is 13.2 Å². The van der Waals surface area contributed by atoms with Crippen LogP contribution < -0.4 is 0 Å². The summed E-state index contributed by atoms with van der Waals surface area (Å²) in [5, 5.41) is 8.27. The summed E-state index contributed by atoms with van der Waals surface area (Å²) in [5.41, 5.74) is 0.792. The standard InChI is InChI=1S/C12H17N5O2/c1-2-16-6-4-13-12(16)10-9-17(15-14-10)5-3-11-18-7-8-19-11/h4,6,9,11H,2-3,5,7-8H2,1H3. The molecule has 1 saturated heterocycles. The van der Waals surface area contributed by atoms with Crippen LogP contribution in [0.3, 0.4) is 0 Å². The van der Waals surface area contributed by atoms with Crippen LogP contribution >= 0.6 is 0 Å². The minimum atomic E-state index is -0.106. The first kappa shape index (κ1) is 12.3. The molecule has 7 heteroatoms. The molecule has 0 amide bonds. The predicted octanol–water partition coefficient (Wildman–Crippen LogP) is 0.924. The van der Waals surface area contributed by atoms with Gasteiger partial charge in [0.25, 0.3) is 0 Å². The molecule has 0 aliphatic carbocycles. The number of imidazole rings is 1. The molecule has 0 bridgehead atoms. The molecule has 3 rings (SSSR count). The Labute approximate surface area is 111 Å². The molecule has 0 atom stereocenters. The van der Waals surface area contributed by atoms with Crippen LogP contribution in [0.15, 0.2) is 18.6 Å². The zero-order valence-electron chi connectivity index (χ0n) is 10.9. The van der Waals surface area contributed by atoms with Gasteiger partial charge in [-0.3, -0.25) is 4.68 Å². The summed E-state index contributed by atoms with van der Waals surface area (Å²) in [6.45, 7) is 5.03. The topological polar surface area (TPSA) is 67.0 Å². The Morgan fingerprint density at radius 3 is 3.00 bits per heavy atom. The van der Waals surface area contributed by atoms with Crippen molar-refractivity contribution in [1.82, 2.24) is 24.5 Å². The van der Waals surface area contributed by atoms with Gasteiger partial charge in [-0.05, 0) is 6.92 Å². The van der Waals surface area contributed by atoms with Gasteiger partial charge in [0.1, 0.15) is 5.69 Å². The number of rotatable bonds is 5. The third kappa shape index (κ3) is 2.66. The van der Waals surface area contributed by atoms with E-state index in [-0.39, 0.29) is 6.29 Å². The van der Waals surface area contributed by atoms with Crippen molar-refractivity contribution in [3.8, 4) is 11.5 Å². The molecule has 1 aliphatic rings. The van der Waals surface area contributed by atoms with Crippen molar-refractivity contribution in [2.75, 3.05) is 13.2 Å². The Kier molecular flexibility index (Phi) is 3.56. The van der Waals surface area contributed by atoms with Gasteiger partial charge in [-0.15, -0.1) is 5.10 Å². The first-order valence-electron chi connectivity index (χ1n) is 6.51. The molecule has 2 aromatic heterocycles. The minimum absolute atomic E-state index is 0.106. The number of aryl methyl sites for hydroxylation is 2. The second-order valence-electron chi connectivity index (χ2n) is 4.36. The molecule has 3 heterocycles. The van der Waals surface area contributed by atoms with Crippen LogP contribution in [0, 0.1) is 0 Å². The molecule has 0 N–H and O–H groups in total. The molecule has 0 radical (unpaired) electrons. The SMILES string of the molecule is CCn1ccnc1-c1cn(CCC2OCCO2)nn1. The van der Waals surface area contributed by atoms with Crippen LogP contribution in [0.1, 0.15) is 13.3 Å². The summed E-state index contributed by atoms with van der Waals surface area (Å²) in [6, 6.07) is 0. The van der Waals surface area contributed by atoms with E-state index in [4.69, 9.17) is 9.47 Å². The maximum atomic E-state index is 5.39. The fourth-order valence-electron chi connectivity index (χ4n) is 2.12. The highest BCUT2D eigenvalue weighted by Gasteiger charge is 2.16. The van der Waals surface area contributed by atoms with Crippen LogP contribution in [0.25, 0.3) is 11.5 Å². The number of nitrogens with zero attached hydrogens (tertiary/aromatic N) is 5. The molecule has 2 aromatic rings. The van der Waals surface area contributed by atoms with Gasteiger partial charge in [-0.1, -0.05) is 5.21 Å². The van der Waals surface area contributed by atoms with Crippen molar-refractivity contribution in [2.45, 2.75) is 32.7 Å². The first-order valence-corrected chi connectivity index (χ1v) is 6.51. The lowest BCUT2D eigenvalue weighted by molar-refractivity contribution is -0.0496. The predicted molar refractivity (Wildman–Crippen MR) is 67.2 cm³/mol. The lowest BCUT2D eigenvalue weighted by Gasteiger charge is -2.07. The van der Waals surface area contributed by atoms with Crippen molar-refractivity contribution in [3.63, 3.8) is 0 Å². The fourth-order valence-corrected chi connectivity index (χ4v) is 2.12. The van der Waals surface area contributed by atoms with Crippen molar-refractivity contribution >= 4 is 0 Å². The monoisotopic (exact) mass is 263 g/mol. The second kappa shape index (κ2) is 5.50. The smallest absolute Gasteiger partial charge is 0.162 e. The zero-order chi connectivity index (χ0) is 13.1. The molecule has 7 nitrogen and oxygen atoms in total. The number of hydrogen-bond acceptors (Lipinski definition) is 5. The van der Waals surface area contributed by atoms with Crippen LogP contribution in [-0.2, 0) is 22.6 Å². The highest BCUT2D eigenvalue weighted by atomic mass is 16.7. The Morgan fingerprint density at radius 1 is 1.37 bits per heavy atom. The lowest BCUT2D eigenvalue weighted by Crippen LogP contribution is -2.12. The minimum Gasteiger partial charge on any atom is -0.350 e. The van der Waals surface area contributed by atoms with E-state index in [1.807, 2.05) is 17.0 Å². The van der Waals surface area contributed by atoms with Gasteiger partial charge >= 0.3 is 0 Å². The average molecular weight is 263 g/mol. The van der Waals surface area contributed by atoms with E-state index in [1.165, 1.54) is 0 Å². The van der Waals surface area contributed by atoms with Gasteiger partial charge in [0.2, 0.25) is 0 Å². The third-order valence-electron chi connectivity index (χ3n) is 3.11. The van der Waals surface area contributed by atoms with E-state index in [2.05, 4.69) is 22.2 Å². The van der Waals surface area contributed by atoms with Gasteiger partial charge in [0.15, 0.2) is 12.1 Å². The van der Waals surface area contributed by atoms with Gasteiger partial charge in [-0.2, -0.15) is 0 Å². The summed E-state index contributed by atoms with van der Waals surface area (Å²) in [6.07, 6.45) is 6.30. The molecule has 0 unspecified atom stereocenters. The number of ether oxygens (including phenoxy) is 2. The Morgan fingerprint density at radius 2 is 2.21 bits per heavy atom.